The topological polar surface area (TPSA) is 85.6 Å². The zero-order valence-corrected chi connectivity index (χ0v) is 19.1. The molecule has 29 heavy (non-hydrogen) atoms. The maximum atomic E-state index is 6.12. The number of nitrogens with one attached hydrogen (secondary N) is 2. The number of hydrogen-bond donors (Lipinski definition) is 2. The lowest BCUT2D eigenvalue weighted by molar-refractivity contribution is -0.0835. The van der Waals surface area contributed by atoms with Gasteiger partial charge >= 0.3 is 0 Å². The van der Waals surface area contributed by atoms with Gasteiger partial charge in [-0.2, -0.15) is 0 Å². The summed E-state index contributed by atoms with van der Waals surface area (Å²) in [6, 6.07) is 0. The maximum Gasteiger partial charge on any atom is 0.191 e. The SMILES string of the molecule is CCOCCCNC(=NCc1nnc(C)n1C)NCC1CCCOC1C(C)(C)C. The van der Waals surface area contributed by atoms with Gasteiger partial charge in [0.05, 0.1) is 6.10 Å². The van der Waals surface area contributed by atoms with Gasteiger partial charge in [0, 0.05) is 45.9 Å². The van der Waals surface area contributed by atoms with Crippen molar-refractivity contribution >= 4 is 5.96 Å². The lowest BCUT2D eigenvalue weighted by Gasteiger charge is -2.40. The van der Waals surface area contributed by atoms with Crippen LogP contribution in [-0.4, -0.2) is 59.7 Å². The minimum absolute atomic E-state index is 0.130. The Bertz CT molecular complexity index is 638. The smallest absolute Gasteiger partial charge is 0.191 e. The fraction of sp³-hybridized carbons (Fsp3) is 0.857. The predicted molar refractivity (Wildman–Crippen MR) is 116 cm³/mol. The van der Waals surface area contributed by atoms with Crippen molar-refractivity contribution in [2.24, 2.45) is 23.4 Å². The fourth-order valence-corrected chi connectivity index (χ4v) is 3.68. The van der Waals surface area contributed by atoms with Gasteiger partial charge in [0.25, 0.3) is 0 Å². The molecule has 1 aromatic rings. The Morgan fingerprint density at radius 1 is 1.31 bits per heavy atom. The summed E-state index contributed by atoms with van der Waals surface area (Å²) in [5.74, 6) is 3.02. The van der Waals surface area contributed by atoms with Crippen molar-refractivity contribution in [1.82, 2.24) is 25.4 Å². The van der Waals surface area contributed by atoms with E-state index in [1.165, 1.54) is 6.42 Å². The first-order valence-electron chi connectivity index (χ1n) is 10.9. The monoisotopic (exact) mass is 408 g/mol. The van der Waals surface area contributed by atoms with Crippen molar-refractivity contribution in [3.63, 3.8) is 0 Å². The number of hydrogen-bond acceptors (Lipinski definition) is 5. The molecular formula is C21H40N6O2. The van der Waals surface area contributed by atoms with Crippen molar-refractivity contribution in [2.75, 3.05) is 32.9 Å². The third kappa shape index (κ3) is 7.59. The van der Waals surface area contributed by atoms with Crippen molar-refractivity contribution in [1.29, 1.82) is 0 Å². The van der Waals surface area contributed by atoms with Crippen LogP contribution >= 0.6 is 0 Å². The lowest BCUT2D eigenvalue weighted by atomic mass is 9.78. The highest BCUT2D eigenvalue weighted by Gasteiger charge is 2.35. The van der Waals surface area contributed by atoms with E-state index < -0.39 is 0 Å². The number of guanidine groups is 1. The highest BCUT2D eigenvalue weighted by atomic mass is 16.5. The third-order valence-corrected chi connectivity index (χ3v) is 5.35. The van der Waals surface area contributed by atoms with Crippen molar-refractivity contribution < 1.29 is 9.47 Å². The molecular weight excluding hydrogens is 368 g/mol. The molecule has 8 nitrogen and oxygen atoms in total. The predicted octanol–water partition coefficient (Wildman–Crippen LogP) is 2.43. The summed E-state index contributed by atoms with van der Waals surface area (Å²) in [4.78, 5) is 4.75. The van der Waals surface area contributed by atoms with Crippen LogP contribution in [0.5, 0.6) is 0 Å². The number of ether oxygens (including phenoxy) is 2. The van der Waals surface area contributed by atoms with Crippen LogP contribution in [-0.2, 0) is 23.1 Å². The molecule has 1 aliphatic heterocycles. The van der Waals surface area contributed by atoms with Gasteiger partial charge in [-0.05, 0) is 38.5 Å². The number of rotatable bonds is 9. The van der Waals surface area contributed by atoms with Gasteiger partial charge in [0.2, 0.25) is 0 Å². The van der Waals surface area contributed by atoms with Gasteiger partial charge in [-0.25, -0.2) is 4.99 Å². The van der Waals surface area contributed by atoms with Crippen LogP contribution in [0.15, 0.2) is 4.99 Å². The first-order valence-corrected chi connectivity index (χ1v) is 10.9. The van der Waals surface area contributed by atoms with E-state index in [9.17, 15) is 0 Å². The molecule has 0 spiro atoms. The van der Waals surface area contributed by atoms with Crippen molar-refractivity contribution in [3.8, 4) is 0 Å². The summed E-state index contributed by atoms with van der Waals surface area (Å²) in [6.07, 6.45) is 3.49. The first-order chi connectivity index (χ1) is 13.8. The van der Waals surface area contributed by atoms with E-state index >= 15 is 0 Å². The number of aromatic nitrogens is 3. The van der Waals surface area contributed by atoms with Crippen LogP contribution in [0.3, 0.4) is 0 Å². The Hall–Kier alpha value is -1.67. The van der Waals surface area contributed by atoms with Crippen molar-refractivity contribution in [2.45, 2.75) is 66.5 Å². The average Bonchev–Trinajstić information content (AvgIpc) is 3.01. The standard InChI is InChI=1S/C21H40N6O2/c1-7-28-12-9-11-22-20(24-15-18-26-25-16(2)27(18)6)23-14-17-10-8-13-29-19(17)21(3,4)5/h17,19H,7-15H2,1-6H3,(H2,22,23,24). The molecule has 0 amide bonds. The average molecular weight is 409 g/mol. The Balaban J connectivity index is 1.97. The molecule has 1 aromatic heterocycles. The van der Waals surface area contributed by atoms with Gasteiger partial charge in [-0.3, -0.25) is 0 Å². The van der Waals surface area contributed by atoms with Gasteiger partial charge in [-0.1, -0.05) is 20.8 Å². The van der Waals surface area contributed by atoms with Crippen LogP contribution in [0, 0.1) is 18.3 Å². The molecule has 0 bridgehead atoms. The van der Waals surface area contributed by atoms with Gasteiger partial charge in [-0.15, -0.1) is 10.2 Å². The van der Waals surface area contributed by atoms with Crippen LogP contribution in [0.25, 0.3) is 0 Å². The minimum Gasteiger partial charge on any atom is -0.382 e. The molecule has 2 heterocycles. The summed E-state index contributed by atoms with van der Waals surface area (Å²) in [7, 11) is 1.97. The summed E-state index contributed by atoms with van der Waals surface area (Å²) in [6.45, 7) is 15.2. The van der Waals surface area contributed by atoms with Gasteiger partial charge < -0.3 is 24.7 Å². The second-order valence-corrected chi connectivity index (χ2v) is 8.81. The largest absolute Gasteiger partial charge is 0.382 e. The Morgan fingerprint density at radius 3 is 2.76 bits per heavy atom. The molecule has 8 heteroatoms. The highest BCUT2D eigenvalue weighted by molar-refractivity contribution is 5.79. The molecule has 2 N–H and O–H groups in total. The van der Waals surface area contributed by atoms with Gasteiger partial charge in [0.15, 0.2) is 11.8 Å². The third-order valence-electron chi connectivity index (χ3n) is 5.35. The Labute approximate surface area is 175 Å². The van der Waals surface area contributed by atoms with E-state index in [0.29, 0.717) is 12.5 Å². The second-order valence-electron chi connectivity index (χ2n) is 8.81. The molecule has 1 aliphatic rings. The molecule has 0 radical (unpaired) electrons. The normalized spacial score (nSPS) is 20.7. The second kappa shape index (κ2) is 11.5. The molecule has 1 saturated heterocycles. The van der Waals surface area contributed by atoms with Crippen LogP contribution < -0.4 is 10.6 Å². The van der Waals surface area contributed by atoms with Gasteiger partial charge in [0.1, 0.15) is 12.4 Å². The summed E-state index contributed by atoms with van der Waals surface area (Å²) < 4.78 is 13.5. The number of aryl methyl sites for hydroxylation is 1. The van der Waals surface area contributed by atoms with Crippen LogP contribution in [0.4, 0.5) is 0 Å². The fourth-order valence-electron chi connectivity index (χ4n) is 3.68. The zero-order valence-electron chi connectivity index (χ0n) is 19.1. The summed E-state index contributed by atoms with van der Waals surface area (Å²) in [5, 5.41) is 15.3. The van der Waals surface area contributed by atoms with Crippen molar-refractivity contribution in [3.05, 3.63) is 11.6 Å². The summed E-state index contributed by atoms with van der Waals surface area (Å²) >= 11 is 0. The minimum atomic E-state index is 0.130. The van der Waals surface area contributed by atoms with E-state index in [1.54, 1.807) is 0 Å². The molecule has 0 aromatic carbocycles. The lowest BCUT2D eigenvalue weighted by Crippen LogP contribution is -2.47. The maximum absolute atomic E-state index is 6.12. The molecule has 0 aliphatic carbocycles. The number of aliphatic imine (C=N–C) groups is 1. The molecule has 1 fully saturated rings. The first kappa shape index (κ1) is 23.6. The Kier molecular flexibility index (Phi) is 9.36. The van der Waals surface area contributed by atoms with E-state index in [1.807, 2.05) is 25.5 Å². The van der Waals surface area contributed by atoms with E-state index in [0.717, 1.165) is 63.4 Å². The number of nitrogens with zero attached hydrogens (tertiary/aromatic N) is 4. The molecule has 0 saturated carbocycles. The van der Waals surface area contributed by atoms with E-state index in [-0.39, 0.29) is 11.5 Å². The summed E-state index contributed by atoms with van der Waals surface area (Å²) in [5.41, 5.74) is 0.130. The van der Waals surface area contributed by atoms with Crippen LogP contribution in [0.2, 0.25) is 0 Å². The molecule has 166 valence electrons. The molecule has 2 unspecified atom stereocenters. The zero-order chi connectivity index (χ0) is 21.3. The highest BCUT2D eigenvalue weighted by Crippen LogP contribution is 2.33. The molecule has 2 rings (SSSR count). The van der Waals surface area contributed by atoms with E-state index in [2.05, 4.69) is 41.6 Å². The molecule has 2 atom stereocenters. The quantitative estimate of drug-likeness (QED) is 0.371. The van der Waals surface area contributed by atoms with Crippen LogP contribution in [0.1, 0.15) is 58.6 Å². The van der Waals surface area contributed by atoms with E-state index in [4.69, 9.17) is 14.5 Å². The Morgan fingerprint density at radius 2 is 2.10 bits per heavy atom.